The Bertz CT molecular complexity index is 1840. The van der Waals surface area contributed by atoms with Crippen LogP contribution in [0.1, 0.15) is 68.3 Å². The van der Waals surface area contributed by atoms with Gasteiger partial charge in [-0.15, -0.1) is 10.2 Å². The molecule has 2 aliphatic heterocycles. The minimum absolute atomic E-state index is 0.00632. The molecule has 0 aliphatic carbocycles. The Labute approximate surface area is 292 Å². The number of aliphatic hydroxyl groups is 1. The van der Waals surface area contributed by atoms with Gasteiger partial charge in [-0.3, -0.25) is 14.5 Å². The summed E-state index contributed by atoms with van der Waals surface area (Å²) in [6.45, 7) is 6.90. The van der Waals surface area contributed by atoms with Crippen LogP contribution in [0.2, 0.25) is 5.02 Å². The number of anilines is 1. The number of carbonyl (C=O) groups excluding carboxylic acids is 2. The first-order valence-electron chi connectivity index (χ1n) is 16.0. The average Bonchev–Trinajstić information content (AvgIpc) is 3.77. The third-order valence-corrected chi connectivity index (χ3v) is 10.5. The molecule has 9 nitrogen and oxygen atoms in total. The zero-order chi connectivity index (χ0) is 33.8. The molecular formula is C36H36ClN3O6S2. The number of ketones is 1. The summed E-state index contributed by atoms with van der Waals surface area (Å²) in [6, 6.07) is 17.2. The van der Waals surface area contributed by atoms with E-state index in [-0.39, 0.29) is 22.6 Å². The summed E-state index contributed by atoms with van der Waals surface area (Å²) in [5, 5.41) is 21.3. The summed E-state index contributed by atoms with van der Waals surface area (Å²) in [6.07, 6.45) is 3.71. The highest BCUT2D eigenvalue weighted by atomic mass is 35.5. The maximum Gasteiger partial charge on any atom is 0.301 e. The Kier molecular flexibility index (Phi) is 10.6. The number of Topliss-reactive ketones (excluding diaryl/α,β-unsaturated/α-hetero) is 1. The lowest BCUT2D eigenvalue weighted by molar-refractivity contribution is -0.132. The summed E-state index contributed by atoms with van der Waals surface area (Å²) >= 11 is 8.71. The molecule has 1 fully saturated rings. The summed E-state index contributed by atoms with van der Waals surface area (Å²) in [5.74, 6) is 0.517. The summed E-state index contributed by atoms with van der Waals surface area (Å²) in [5.41, 5.74) is 2.91. The topological polar surface area (TPSA) is 111 Å². The second kappa shape index (κ2) is 15.0. The minimum atomic E-state index is -0.996. The van der Waals surface area contributed by atoms with Crippen molar-refractivity contribution in [1.82, 2.24) is 10.2 Å². The number of benzene rings is 3. The molecule has 1 amide bonds. The van der Waals surface area contributed by atoms with Gasteiger partial charge in [-0.05, 0) is 79.4 Å². The van der Waals surface area contributed by atoms with Crippen LogP contribution in [0.4, 0.5) is 5.13 Å². The lowest BCUT2D eigenvalue weighted by Crippen LogP contribution is -2.29. The second-order valence-electron chi connectivity index (χ2n) is 11.6. The van der Waals surface area contributed by atoms with E-state index < -0.39 is 17.7 Å². The number of hydrogen-bond donors (Lipinski definition) is 1. The van der Waals surface area contributed by atoms with Gasteiger partial charge in [0.15, 0.2) is 15.8 Å². The molecule has 48 heavy (non-hydrogen) atoms. The number of thioether (sulfide) groups is 1. The van der Waals surface area contributed by atoms with E-state index in [1.165, 1.54) is 28.0 Å². The first-order chi connectivity index (χ1) is 23.3. The van der Waals surface area contributed by atoms with Crippen LogP contribution in [0.3, 0.4) is 0 Å². The van der Waals surface area contributed by atoms with E-state index in [1.807, 2.05) is 44.2 Å². The second-order valence-corrected chi connectivity index (χ2v) is 14.2. The minimum Gasteiger partial charge on any atom is -0.507 e. The third-order valence-electron chi connectivity index (χ3n) is 8.08. The van der Waals surface area contributed by atoms with E-state index in [0.717, 1.165) is 36.1 Å². The molecule has 4 aromatic rings. The van der Waals surface area contributed by atoms with Crippen LogP contribution in [0.25, 0.3) is 5.76 Å². The molecule has 6 rings (SSSR count). The molecule has 0 bridgehead atoms. The monoisotopic (exact) mass is 705 g/mol. The van der Waals surface area contributed by atoms with Gasteiger partial charge in [0.2, 0.25) is 5.13 Å². The number of hydrogen-bond acceptors (Lipinski definition) is 10. The van der Waals surface area contributed by atoms with Crippen LogP contribution in [0.15, 0.2) is 70.6 Å². The van der Waals surface area contributed by atoms with E-state index >= 15 is 0 Å². The fourth-order valence-electron chi connectivity index (χ4n) is 5.77. The molecule has 12 heteroatoms. The van der Waals surface area contributed by atoms with Gasteiger partial charge in [0.1, 0.15) is 17.6 Å². The van der Waals surface area contributed by atoms with E-state index in [2.05, 4.69) is 17.1 Å². The lowest BCUT2D eigenvalue weighted by atomic mass is 9.94. The Morgan fingerprint density at radius 2 is 1.85 bits per heavy atom. The molecule has 3 heterocycles. The molecule has 0 spiro atoms. The van der Waals surface area contributed by atoms with E-state index in [0.29, 0.717) is 57.4 Å². The zero-order valence-corrected chi connectivity index (χ0v) is 29.3. The predicted molar refractivity (Wildman–Crippen MR) is 189 cm³/mol. The average molecular weight is 706 g/mol. The van der Waals surface area contributed by atoms with E-state index in [1.54, 1.807) is 30.3 Å². The normalized spacial score (nSPS) is 18.2. The van der Waals surface area contributed by atoms with Crippen molar-refractivity contribution in [3.8, 4) is 17.2 Å². The molecule has 0 radical (unpaired) electrons. The quantitative estimate of drug-likeness (QED) is 0.0366. The summed E-state index contributed by atoms with van der Waals surface area (Å²) in [4.78, 5) is 29.0. The van der Waals surface area contributed by atoms with Gasteiger partial charge >= 0.3 is 5.91 Å². The van der Waals surface area contributed by atoms with Gasteiger partial charge in [0.25, 0.3) is 5.78 Å². The number of unbranched alkanes of at least 4 members (excludes halogenated alkanes) is 2. The Balaban J connectivity index is 1.39. The number of nitrogens with zero attached hydrogens (tertiary/aromatic N) is 3. The highest BCUT2D eigenvalue weighted by Crippen LogP contribution is 2.46. The highest BCUT2D eigenvalue weighted by molar-refractivity contribution is 8.00. The van der Waals surface area contributed by atoms with Crippen LogP contribution in [-0.4, -0.2) is 46.3 Å². The Morgan fingerprint density at radius 1 is 1.04 bits per heavy atom. The standard InChI is InChI=1S/C36H36ClN3O6S2/c1-4-6-7-16-45-28-15-10-23(19-29(28)44-5-2)31-30(32(41)24-11-14-27-25(18-24)17-21(3)46-27)33(42)34(43)40(31)35-38-39-36(48-35)47-20-22-8-12-26(37)13-9-22/h8-15,18-19,21,31,41H,4-7,16-17,20H2,1-3H3/t21-,31+/m0/s1. The number of fused-ring (bicyclic) bond motifs is 1. The fourth-order valence-corrected chi connectivity index (χ4v) is 7.72. The number of amides is 1. The summed E-state index contributed by atoms with van der Waals surface area (Å²) in [7, 11) is 0. The van der Waals surface area contributed by atoms with Crippen molar-refractivity contribution in [1.29, 1.82) is 0 Å². The SMILES string of the molecule is CCCCCOc1ccc([C@@H]2C(=C(O)c3ccc4c(c3)C[C@H](C)O4)C(=O)C(=O)N2c2nnc(SCc3ccc(Cl)cc3)s2)cc1OCC. The molecule has 2 aliphatic rings. The molecule has 2 atom stereocenters. The van der Waals surface area contributed by atoms with Crippen molar-refractivity contribution >= 4 is 57.3 Å². The van der Waals surface area contributed by atoms with E-state index in [4.69, 9.17) is 25.8 Å². The lowest BCUT2D eigenvalue weighted by Gasteiger charge is -2.23. The number of ether oxygens (including phenoxy) is 3. The predicted octanol–water partition coefficient (Wildman–Crippen LogP) is 8.40. The molecule has 250 valence electrons. The van der Waals surface area contributed by atoms with Gasteiger partial charge in [-0.2, -0.15) is 0 Å². The molecule has 1 N–H and O–H groups in total. The van der Waals surface area contributed by atoms with Crippen LogP contribution in [0, 0.1) is 0 Å². The van der Waals surface area contributed by atoms with Crippen molar-refractivity contribution < 1.29 is 28.9 Å². The molecule has 1 aromatic heterocycles. The number of aromatic nitrogens is 2. The zero-order valence-electron chi connectivity index (χ0n) is 26.9. The number of aliphatic hydroxyl groups excluding tert-OH is 1. The smallest absolute Gasteiger partial charge is 0.301 e. The van der Waals surface area contributed by atoms with Gasteiger partial charge in [0, 0.05) is 22.8 Å². The van der Waals surface area contributed by atoms with E-state index in [9.17, 15) is 14.7 Å². The van der Waals surface area contributed by atoms with Crippen LogP contribution in [0.5, 0.6) is 17.2 Å². The molecule has 0 unspecified atom stereocenters. The van der Waals surface area contributed by atoms with Crippen molar-refractivity contribution in [2.75, 3.05) is 18.1 Å². The largest absolute Gasteiger partial charge is 0.507 e. The first kappa shape index (κ1) is 33.8. The van der Waals surface area contributed by atoms with Crippen LogP contribution in [-0.2, 0) is 21.8 Å². The summed E-state index contributed by atoms with van der Waals surface area (Å²) < 4.78 is 18.5. The molecule has 0 saturated carbocycles. The Hall–Kier alpha value is -4.06. The first-order valence-corrected chi connectivity index (χ1v) is 18.2. The van der Waals surface area contributed by atoms with Crippen LogP contribution < -0.4 is 19.1 Å². The van der Waals surface area contributed by atoms with Gasteiger partial charge in [-0.1, -0.05) is 72.7 Å². The van der Waals surface area contributed by atoms with Crippen molar-refractivity contribution in [3.05, 3.63) is 93.5 Å². The van der Waals surface area contributed by atoms with Crippen molar-refractivity contribution in [2.45, 2.75) is 68.7 Å². The number of rotatable bonds is 13. The number of halogens is 1. The molecule has 3 aromatic carbocycles. The van der Waals surface area contributed by atoms with Crippen molar-refractivity contribution in [2.24, 2.45) is 0 Å². The number of carbonyl (C=O) groups is 2. The molecular weight excluding hydrogens is 670 g/mol. The maximum atomic E-state index is 13.8. The highest BCUT2D eigenvalue weighted by Gasteiger charge is 2.48. The Morgan fingerprint density at radius 3 is 2.62 bits per heavy atom. The fraction of sp³-hybridized carbons (Fsp3) is 0.333. The third kappa shape index (κ3) is 7.18. The van der Waals surface area contributed by atoms with Gasteiger partial charge < -0.3 is 19.3 Å². The van der Waals surface area contributed by atoms with Gasteiger partial charge in [0.05, 0.1) is 24.8 Å². The van der Waals surface area contributed by atoms with Gasteiger partial charge in [-0.25, -0.2) is 0 Å². The van der Waals surface area contributed by atoms with Crippen LogP contribution >= 0.6 is 34.7 Å². The molecule has 1 saturated heterocycles. The maximum absolute atomic E-state index is 13.8. The van der Waals surface area contributed by atoms with Crippen molar-refractivity contribution in [3.63, 3.8) is 0 Å².